The van der Waals surface area contributed by atoms with Gasteiger partial charge in [0.1, 0.15) is 0 Å². The zero-order valence-corrected chi connectivity index (χ0v) is 7.63. The lowest BCUT2D eigenvalue weighted by atomic mass is 10.2. The van der Waals surface area contributed by atoms with Gasteiger partial charge in [-0.3, -0.25) is 0 Å². The number of cyclic esters (lactones) is 1. The van der Waals surface area contributed by atoms with E-state index in [2.05, 4.69) is 10.3 Å². The number of carbonyl (C=O) groups is 1. The van der Waals surface area contributed by atoms with E-state index >= 15 is 0 Å². The molecule has 0 saturated carbocycles. The Hall–Kier alpha value is -1.36. The highest BCUT2D eigenvalue weighted by molar-refractivity contribution is 7.13. The molecule has 0 aliphatic carbocycles. The molecule has 1 fully saturated rings. The van der Waals surface area contributed by atoms with Gasteiger partial charge < -0.3 is 10.1 Å². The molecule has 68 valence electrons. The maximum Gasteiger partial charge on any atom is 0.335 e. The van der Waals surface area contributed by atoms with Crippen molar-refractivity contribution in [2.24, 2.45) is 0 Å². The first-order chi connectivity index (χ1) is 6.36. The second kappa shape index (κ2) is 3.57. The van der Waals surface area contributed by atoms with Gasteiger partial charge in [0.25, 0.3) is 0 Å². The maximum atomic E-state index is 11.0. The molecule has 0 spiro atoms. The van der Waals surface area contributed by atoms with Crippen LogP contribution in [0.5, 0.6) is 0 Å². The summed E-state index contributed by atoms with van der Waals surface area (Å²) in [7, 11) is 0. The molecule has 13 heavy (non-hydrogen) atoms. The summed E-state index contributed by atoms with van der Waals surface area (Å²) in [5, 5.41) is 5.59. The molecule has 0 unspecified atom stereocenters. The number of rotatable bonds is 2. The van der Waals surface area contributed by atoms with E-state index in [9.17, 15) is 4.79 Å². The summed E-state index contributed by atoms with van der Waals surface area (Å²) in [5.74, 6) is -0.232. The normalized spacial score (nSPS) is 19.1. The van der Waals surface area contributed by atoms with E-state index in [0.29, 0.717) is 18.6 Å². The van der Waals surface area contributed by atoms with Gasteiger partial charge >= 0.3 is 5.97 Å². The van der Waals surface area contributed by atoms with Crippen molar-refractivity contribution < 1.29 is 9.53 Å². The van der Waals surface area contributed by atoms with Gasteiger partial charge in [-0.15, -0.1) is 11.3 Å². The van der Waals surface area contributed by atoms with E-state index < -0.39 is 0 Å². The molecule has 1 aromatic rings. The van der Waals surface area contributed by atoms with E-state index in [1.54, 1.807) is 12.4 Å². The maximum absolute atomic E-state index is 11.0. The number of carbonyl (C=O) groups excluding carboxylic acids is 1. The van der Waals surface area contributed by atoms with Gasteiger partial charge in [-0.25, -0.2) is 9.78 Å². The topological polar surface area (TPSA) is 51.2 Å². The number of thiazole rings is 1. The zero-order chi connectivity index (χ0) is 9.10. The van der Waals surface area contributed by atoms with Gasteiger partial charge in [-0.1, -0.05) is 0 Å². The summed E-state index contributed by atoms with van der Waals surface area (Å²) in [6.07, 6.45) is 4.05. The Kier molecular flexibility index (Phi) is 2.27. The lowest BCUT2D eigenvalue weighted by Gasteiger charge is -1.94. The molecule has 1 aromatic heterocycles. The van der Waals surface area contributed by atoms with Crippen LogP contribution < -0.4 is 5.32 Å². The lowest BCUT2D eigenvalue weighted by Crippen LogP contribution is -1.97. The average Bonchev–Trinajstić information content (AvgIpc) is 2.72. The summed E-state index contributed by atoms with van der Waals surface area (Å²) in [5.41, 5.74) is 0.676. The van der Waals surface area contributed by atoms with Crippen LogP contribution in [0.2, 0.25) is 0 Å². The first kappa shape index (κ1) is 8.25. The van der Waals surface area contributed by atoms with Crippen LogP contribution in [0, 0.1) is 0 Å². The second-order valence-electron chi connectivity index (χ2n) is 2.54. The number of hydrogen-bond donors (Lipinski definition) is 1. The molecule has 1 aliphatic heterocycles. The molecular formula is C8H8N2O2S. The SMILES string of the molecule is O=C1OCCC1=CNc1nccs1. The monoisotopic (exact) mass is 196 g/mol. The van der Waals surface area contributed by atoms with E-state index in [1.165, 1.54) is 11.3 Å². The van der Waals surface area contributed by atoms with Crippen LogP contribution >= 0.6 is 11.3 Å². The fraction of sp³-hybridized carbons (Fsp3) is 0.250. The van der Waals surface area contributed by atoms with Gasteiger partial charge in [0.05, 0.1) is 12.2 Å². The predicted octanol–water partition coefficient (Wildman–Crippen LogP) is 1.39. The standard InChI is InChI=1S/C8H8N2O2S/c11-7-6(1-3-12-7)5-10-8-9-2-4-13-8/h2,4-5H,1,3H2,(H,9,10). The first-order valence-corrected chi connectivity index (χ1v) is 4.76. The van der Waals surface area contributed by atoms with Crippen molar-refractivity contribution in [3.63, 3.8) is 0 Å². The van der Waals surface area contributed by atoms with Gasteiger partial charge in [-0.05, 0) is 0 Å². The summed E-state index contributed by atoms with van der Waals surface area (Å²) in [4.78, 5) is 15.0. The predicted molar refractivity (Wildman–Crippen MR) is 49.4 cm³/mol. The first-order valence-electron chi connectivity index (χ1n) is 3.88. The van der Waals surface area contributed by atoms with Crippen molar-refractivity contribution in [3.8, 4) is 0 Å². The molecule has 4 nitrogen and oxygen atoms in total. The minimum atomic E-state index is -0.232. The van der Waals surface area contributed by atoms with E-state index in [4.69, 9.17) is 4.74 Å². The van der Waals surface area contributed by atoms with Crippen LogP contribution in [-0.2, 0) is 9.53 Å². The van der Waals surface area contributed by atoms with Crippen molar-refractivity contribution in [2.75, 3.05) is 11.9 Å². The molecule has 2 heterocycles. The number of nitrogens with one attached hydrogen (secondary N) is 1. The summed E-state index contributed by atoms with van der Waals surface area (Å²) >= 11 is 1.49. The number of aromatic nitrogens is 1. The Morgan fingerprint density at radius 3 is 3.23 bits per heavy atom. The highest BCUT2D eigenvalue weighted by Gasteiger charge is 2.17. The van der Waals surface area contributed by atoms with Crippen LogP contribution in [0.3, 0.4) is 0 Å². The van der Waals surface area contributed by atoms with Crippen molar-refractivity contribution in [1.29, 1.82) is 0 Å². The van der Waals surface area contributed by atoms with E-state index in [-0.39, 0.29) is 5.97 Å². The van der Waals surface area contributed by atoms with Gasteiger partial charge in [0.15, 0.2) is 5.13 Å². The molecule has 0 amide bonds. The summed E-state index contributed by atoms with van der Waals surface area (Å²) in [6.45, 7) is 0.490. The number of ether oxygens (including phenoxy) is 1. The summed E-state index contributed by atoms with van der Waals surface area (Å²) in [6, 6.07) is 0. The van der Waals surface area contributed by atoms with Crippen LogP contribution in [0.4, 0.5) is 5.13 Å². The van der Waals surface area contributed by atoms with E-state index in [0.717, 1.165) is 5.13 Å². The molecule has 0 bridgehead atoms. The van der Waals surface area contributed by atoms with Crippen LogP contribution in [-0.4, -0.2) is 17.6 Å². The second-order valence-corrected chi connectivity index (χ2v) is 3.43. The van der Waals surface area contributed by atoms with Crippen molar-refractivity contribution >= 4 is 22.4 Å². The molecule has 2 rings (SSSR count). The number of nitrogens with zero attached hydrogens (tertiary/aromatic N) is 1. The summed E-state index contributed by atoms with van der Waals surface area (Å²) < 4.78 is 4.77. The van der Waals surface area contributed by atoms with Crippen molar-refractivity contribution in [3.05, 3.63) is 23.3 Å². The fourth-order valence-corrected chi connectivity index (χ4v) is 1.52. The third kappa shape index (κ3) is 1.86. The van der Waals surface area contributed by atoms with Crippen molar-refractivity contribution in [2.45, 2.75) is 6.42 Å². The quantitative estimate of drug-likeness (QED) is 0.573. The Balaban J connectivity index is 2.01. The zero-order valence-electron chi connectivity index (χ0n) is 6.82. The average molecular weight is 196 g/mol. The third-order valence-corrected chi connectivity index (χ3v) is 2.37. The molecule has 0 atom stereocenters. The van der Waals surface area contributed by atoms with Gasteiger partial charge in [-0.2, -0.15) is 0 Å². The Bertz CT molecular complexity index is 332. The molecule has 0 aromatic carbocycles. The fourth-order valence-electron chi connectivity index (χ4n) is 1.02. The highest BCUT2D eigenvalue weighted by Crippen LogP contribution is 2.15. The smallest absolute Gasteiger partial charge is 0.335 e. The lowest BCUT2D eigenvalue weighted by molar-refractivity contribution is -0.135. The van der Waals surface area contributed by atoms with Gasteiger partial charge in [0, 0.05) is 24.2 Å². The Labute approximate surface area is 79.2 Å². The molecule has 0 radical (unpaired) electrons. The largest absolute Gasteiger partial charge is 0.462 e. The molecular weight excluding hydrogens is 188 g/mol. The highest BCUT2D eigenvalue weighted by atomic mass is 32.1. The minimum absolute atomic E-state index is 0.232. The number of esters is 1. The van der Waals surface area contributed by atoms with Crippen LogP contribution in [0.15, 0.2) is 23.3 Å². The van der Waals surface area contributed by atoms with Crippen LogP contribution in [0.1, 0.15) is 6.42 Å². The van der Waals surface area contributed by atoms with E-state index in [1.807, 2.05) is 5.38 Å². The minimum Gasteiger partial charge on any atom is -0.462 e. The third-order valence-electron chi connectivity index (χ3n) is 1.67. The van der Waals surface area contributed by atoms with Gasteiger partial charge in [0.2, 0.25) is 0 Å². The number of anilines is 1. The van der Waals surface area contributed by atoms with Crippen molar-refractivity contribution in [1.82, 2.24) is 4.98 Å². The molecule has 1 saturated heterocycles. The molecule has 1 aliphatic rings. The number of hydrogen-bond acceptors (Lipinski definition) is 5. The Morgan fingerprint density at radius 2 is 2.62 bits per heavy atom. The molecule has 1 N–H and O–H groups in total. The van der Waals surface area contributed by atoms with Crippen LogP contribution in [0.25, 0.3) is 0 Å². The molecule has 5 heteroatoms. The Morgan fingerprint density at radius 1 is 1.69 bits per heavy atom.